The summed E-state index contributed by atoms with van der Waals surface area (Å²) in [6.07, 6.45) is 2.30. The second-order valence-electron chi connectivity index (χ2n) is 6.32. The van der Waals surface area contributed by atoms with E-state index in [0.717, 1.165) is 30.5 Å². The van der Waals surface area contributed by atoms with E-state index < -0.39 is 7.32 Å². The van der Waals surface area contributed by atoms with Crippen LogP contribution in [0.25, 0.3) is 0 Å². The van der Waals surface area contributed by atoms with Gasteiger partial charge in [0.1, 0.15) is 11.5 Å². The Bertz CT molecular complexity index is 677. The number of halogens is 2. The van der Waals surface area contributed by atoms with Gasteiger partial charge in [-0.05, 0) is 62.2 Å². The van der Waals surface area contributed by atoms with Crippen molar-refractivity contribution in [3.05, 3.63) is 57.6 Å². The molecule has 4 nitrogen and oxygen atoms in total. The number of hydrogen-bond acceptors (Lipinski definition) is 4. The van der Waals surface area contributed by atoms with Crippen LogP contribution < -0.4 is 14.6 Å². The number of rotatable bonds is 11. The van der Waals surface area contributed by atoms with Crippen LogP contribution in [0.5, 0.6) is 11.5 Å². The lowest BCUT2D eigenvalue weighted by Crippen LogP contribution is -2.36. The highest BCUT2D eigenvalue weighted by molar-refractivity contribution is 6.38. The summed E-state index contributed by atoms with van der Waals surface area (Å²) in [6.45, 7) is 8.17. The van der Waals surface area contributed by atoms with Crippen LogP contribution >= 0.6 is 23.2 Å². The molecule has 0 bridgehead atoms. The molecule has 1 N–H and O–H groups in total. The van der Waals surface area contributed by atoms with Crippen LogP contribution in [0.2, 0.25) is 10.0 Å². The smallest absolute Gasteiger partial charge is 0.501 e. The van der Waals surface area contributed by atoms with Crippen molar-refractivity contribution in [3.8, 4) is 11.5 Å². The first-order valence-corrected chi connectivity index (χ1v) is 9.93. The Labute approximate surface area is 172 Å². The van der Waals surface area contributed by atoms with Gasteiger partial charge >= 0.3 is 7.32 Å². The average Bonchev–Trinajstić information content (AvgIpc) is 2.64. The van der Waals surface area contributed by atoms with Gasteiger partial charge in [0, 0.05) is 23.2 Å². The van der Waals surface area contributed by atoms with Crippen LogP contribution in [0.3, 0.4) is 0 Å². The Hall–Kier alpha value is -1.40. The standard InChI is InChI=1S/C20H26BCl2NO3/c1-4-5-10-24-11-12-25-21(26-17-8-6-15(2)19(22)13-17)27-18-9-7-16(3)20(23)14-18/h6-9,13-14,24H,4-5,10-12H2,1-3H3. The SMILES string of the molecule is CCCCNCCOB(Oc1ccc(C)c(Cl)c1)Oc1ccc(C)c(Cl)c1. The Kier molecular flexibility index (Phi) is 9.29. The molecule has 2 aromatic carbocycles. The van der Waals surface area contributed by atoms with Crippen LogP contribution in [0.4, 0.5) is 0 Å². The van der Waals surface area contributed by atoms with Crippen molar-refractivity contribution >= 4 is 30.5 Å². The molecule has 146 valence electrons. The third kappa shape index (κ3) is 7.63. The van der Waals surface area contributed by atoms with Gasteiger partial charge in [0.2, 0.25) is 0 Å². The summed E-state index contributed by atoms with van der Waals surface area (Å²) >= 11 is 12.4. The van der Waals surface area contributed by atoms with E-state index in [1.54, 1.807) is 12.1 Å². The normalized spacial score (nSPS) is 10.7. The zero-order valence-electron chi connectivity index (χ0n) is 16.1. The van der Waals surface area contributed by atoms with E-state index >= 15 is 0 Å². The topological polar surface area (TPSA) is 39.7 Å². The minimum Gasteiger partial charge on any atom is -0.501 e. The molecule has 0 atom stereocenters. The quantitative estimate of drug-likeness (QED) is 0.395. The molecule has 2 aromatic rings. The van der Waals surface area contributed by atoms with E-state index in [4.69, 9.17) is 37.2 Å². The van der Waals surface area contributed by atoms with E-state index in [1.807, 2.05) is 38.1 Å². The van der Waals surface area contributed by atoms with Crippen LogP contribution in [-0.2, 0) is 4.65 Å². The van der Waals surface area contributed by atoms with Gasteiger partial charge in [0.15, 0.2) is 0 Å². The lowest BCUT2D eigenvalue weighted by atomic mass is 10.1. The maximum absolute atomic E-state index is 6.18. The number of nitrogens with one attached hydrogen (secondary N) is 1. The molecular formula is C20H26BCl2NO3. The molecule has 0 radical (unpaired) electrons. The summed E-state index contributed by atoms with van der Waals surface area (Å²) in [5.41, 5.74) is 1.96. The highest BCUT2D eigenvalue weighted by Gasteiger charge is 2.27. The Morgan fingerprint density at radius 3 is 1.93 bits per heavy atom. The van der Waals surface area contributed by atoms with Gasteiger partial charge in [0.25, 0.3) is 0 Å². The third-order valence-electron chi connectivity index (χ3n) is 3.99. The van der Waals surface area contributed by atoms with Crippen molar-refractivity contribution in [3.63, 3.8) is 0 Å². The summed E-state index contributed by atoms with van der Waals surface area (Å²) in [4.78, 5) is 0. The zero-order chi connectivity index (χ0) is 19.6. The van der Waals surface area contributed by atoms with E-state index in [0.29, 0.717) is 34.7 Å². The van der Waals surface area contributed by atoms with Gasteiger partial charge in [-0.15, -0.1) is 0 Å². The van der Waals surface area contributed by atoms with Gasteiger partial charge < -0.3 is 19.3 Å². The molecule has 0 amide bonds. The molecule has 0 saturated heterocycles. The van der Waals surface area contributed by atoms with Crippen molar-refractivity contribution in [1.82, 2.24) is 5.32 Å². The average molecular weight is 410 g/mol. The van der Waals surface area contributed by atoms with E-state index in [1.165, 1.54) is 0 Å². The molecule has 7 heteroatoms. The number of unbranched alkanes of at least 4 members (excludes halogenated alkanes) is 1. The minimum absolute atomic E-state index is 0.452. The Balaban J connectivity index is 2.00. The van der Waals surface area contributed by atoms with Crippen molar-refractivity contribution < 1.29 is 14.0 Å². The molecule has 0 spiro atoms. The van der Waals surface area contributed by atoms with Gasteiger partial charge in [-0.1, -0.05) is 48.7 Å². The number of benzene rings is 2. The highest BCUT2D eigenvalue weighted by Crippen LogP contribution is 2.25. The molecule has 0 heterocycles. The molecular weight excluding hydrogens is 384 g/mol. The predicted molar refractivity (Wildman–Crippen MR) is 113 cm³/mol. The molecule has 0 aliphatic carbocycles. The highest BCUT2D eigenvalue weighted by atomic mass is 35.5. The van der Waals surface area contributed by atoms with Crippen molar-refractivity contribution in [1.29, 1.82) is 0 Å². The molecule has 0 aromatic heterocycles. The summed E-state index contributed by atoms with van der Waals surface area (Å²) in [5, 5.41) is 4.59. The first kappa shape index (κ1) is 21.9. The van der Waals surface area contributed by atoms with E-state index in [-0.39, 0.29) is 0 Å². The fourth-order valence-corrected chi connectivity index (χ4v) is 2.60. The monoisotopic (exact) mass is 409 g/mol. The maximum Gasteiger partial charge on any atom is 0.788 e. The van der Waals surface area contributed by atoms with Crippen LogP contribution in [0, 0.1) is 13.8 Å². The van der Waals surface area contributed by atoms with Crippen molar-refractivity contribution in [2.75, 3.05) is 19.7 Å². The second kappa shape index (κ2) is 11.4. The van der Waals surface area contributed by atoms with E-state index in [9.17, 15) is 0 Å². The summed E-state index contributed by atoms with van der Waals surface area (Å²) in [7, 11) is -0.907. The fourth-order valence-electron chi connectivity index (χ4n) is 2.26. The largest absolute Gasteiger partial charge is 0.788 e. The summed E-state index contributed by atoms with van der Waals surface area (Å²) < 4.78 is 17.5. The van der Waals surface area contributed by atoms with Gasteiger partial charge in [0.05, 0.1) is 0 Å². The Morgan fingerprint density at radius 1 is 0.889 bits per heavy atom. The van der Waals surface area contributed by atoms with Crippen LogP contribution in [0.1, 0.15) is 30.9 Å². The molecule has 0 aliphatic rings. The third-order valence-corrected chi connectivity index (χ3v) is 4.81. The first-order chi connectivity index (χ1) is 13.0. The fraction of sp³-hybridized carbons (Fsp3) is 0.400. The lowest BCUT2D eigenvalue weighted by Gasteiger charge is -2.17. The summed E-state index contributed by atoms with van der Waals surface area (Å²) in [5.74, 6) is 1.15. The minimum atomic E-state index is -0.907. The molecule has 0 unspecified atom stereocenters. The molecule has 2 rings (SSSR count). The maximum atomic E-state index is 6.18. The first-order valence-electron chi connectivity index (χ1n) is 9.17. The molecule has 0 aliphatic heterocycles. The summed E-state index contributed by atoms with van der Waals surface area (Å²) in [6, 6.07) is 11.0. The molecule has 0 fully saturated rings. The Morgan fingerprint density at radius 2 is 1.44 bits per heavy atom. The number of hydrogen-bond donors (Lipinski definition) is 1. The van der Waals surface area contributed by atoms with Gasteiger partial charge in [-0.2, -0.15) is 0 Å². The van der Waals surface area contributed by atoms with E-state index in [2.05, 4.69) is 12.2 Å². The lowest BCUT2D eigenvalue weighted by molar-refractivity contribution is 0.201. The second-order valence-corrected chi connectivity index (χ2v) is 7.14. The number of aryl methyl sites for hydroxylation is 2. The van der Waals surface area contributed by atoms with Crippen molar-refractivity contribution in [2.45, 2.75) is 33.6 Å². The zero-order valence-corrected chi connectivity index (χ0v) is 17.6. The molecule has 0 saturated carbocycles. The van der Waals surface area contributed by atoms with Gasteiger partial charge in [-0.25, -0.2) is 0 Å². The predicted octanol–water partition coefficient (Wildman–Crippen LogP) is 5.46. The van der Waals surface area contributed by atoms with Gasteiger partial charge in [-0.3, -0.25) is 0 Å². The van der Waals surface area contributed by atoms with Crippen molar-refractivity contribution in [2.24, 2.45) is 0 Å². The van der Waals surface area contributed by atoms with Crippen LogP contribution in [0.15, 0.2) is 36.4 Å². The van der Waals surface area contributed by atoms with Crippen LogP contribution in [-0.4, -0.2) is 27.0 Å². The molecule has 27 heavy (non-hydrogen) atoms.